The number of rotatable bonds is 2. The predicted octanol–water partition coefficient (Wildman–Crippen LogP) is 0.0149. The number of amides is 1. The Balaban J connectivity index is 2.25. The van der Waals surface area contributed by atoms with Crippen LogP contribution in [0.3, 0.4) is 0 Å². The molecular formula is C7H13NO3. The summed E-state index contributed by atoms with van der Waals surface area (Å²) in [6.07, 6.45) is 1.75. The van der Waals surface area contributed by atoms with Crippen LogP contribution in [-0.2, 0) is 14.3 Å². The van der Waals surface area contributed by atoms with Gasteiger partial charge in [-0.1, -0.05) is 0 Å². The lowest BCUT2D eigenvalue weighted by atomic mass is 10.3. The van der Waals surface area contributed by atoms with Crippen LogP contribution in [0.25, 0.3) is 0 Å². The van der Waals surface area contributed by atoms with E-state index in [-0.39, 0.29) is 12.3 Å². The van der Waals surface area contributed by atoms with Crippen molar-refractivity contribution < 1.29 is 14.3 Å². The van der Waals surface area contributed by atoms with Crippen molar-refractivity contribution in [3.05, 3.63) is 0 Å². The average Bonchev–Trinajstić information content (AvgIpc) is 2.14. The highest BCUT2D eigenvalue weighted by Gasteiger charge is 2.14. The first-order chi connectivity index (χ1) is 5.29. The smallest absolute Gasteiger partial charge is 0.222 e. The second-order valence-electron chi connectivity index (χ2n) is 2.55. The summed E-state index contributed by atoms with van der Waals surface area (Å²) < 4.78 is 10.4. The van der Waals surface area contributed by atoms with Gasteiger partial charge in [0.15, 0.2) is 6.29 Å². The molecule has 2 N–H and O–H groups in total. The first kappa shape index (κ1) is 8.49. The van der Waals surface area contributed by atoms with Gasteiger partial charge >= 0.3 is 0 Å². The Kier molecular flexibility index (Phi) is 3.32. The van der Waals surface area contributed by atoms with Gasteiger partial charge in [0, 0.05) is 13.2 Å². The highest BCUT2D eigenvalue weighted by atomic mass is 16.7. The Morgan fingerprint density at radius 3 is 2.36 bits per heavy atom. The Labute approximate surface area is 65.7 Å². The zero-order valence-corrected chi connectivity index (χ0v) is 6.41. The molecule has 0 saturated carbocycles. The maximum Gasteiger partial charge on any atom is 0.222 e. The van der Waals surface area contributed by atoms with Crippen LogP contribution in [0.5, 0.6) is 0 Å². The Morgan fingerprint density at radius 1 is 1.36 bits per heavy atom. The molecule has 0 aromatic rings. The average molecular weight is 159 g/mol. The Morgan fingerprint density at radius 2 is 1.91 bits per heavy atom. The molecule has 0 radical (unpaired) electrons. The van der Waals surface area contributed by atoms with E-state index >= 15 is 0 Å². The lowest BCUT2D eigenvalue weighted by molar-refractivity contribution is -0.145. The topological polar surface area (TPSA) is 61.6 Å². The lowest BCUT2D eigenvalue weighted by Crippen LogP contribution is -2.24. The van der Waals surface area contributed by atoms with Crippen LogP contribution in [0.15, 0.2) is 0 Å². The highest BCUT2D eigenvalue weighted by Crippen LogP contribution is 2.07. The molecule has 4 heteroatoms. The van der Waals surface area contributed by atoms with Gasteiger partial charge in [0.05, 0.1) is 6.42 Å². The molecule has 1 amide bonds. The number of primary amides is 1. The van der Waals surface area contributed by atoms with Crippen LogP contribution < -0.4 is 5.73 Å². The van der Waals surface area contributed by atoms with Crippen LogP contribution in [-0.4, -0.2) is 25.4 Å². The molecule has 1 aliphatic rings. The van der Waals surface area contributed by atoms with E-state index < -0.39 is 6.29 Å². The van der Waals surface area contributed by atoms with Crippen molar-refractivity contribution in [2.75, 3.05) is 13.2 Å². The van der Waals surface area contributed by atoms with Crippen molar-refractivity contribution in [2.24, 2.45) is 5.73 Å². The van der Waals surface area contributed by atoms with E-state index in [1.165, 1.54) is 0 Å². The summed E-state index contributed by atoms with van der Waals surface area (Å²) in [5, 5.41) is 0. The van der Waals surface area contributed by atoms with Gasteiger partial charge in [0.25, 0.3) is 0 Å². The molecule has 1 heterocycles. The fraction of sp³-hybridized carbons (Fsp3) is 0.857. The van der Waals surface area contributed by atoms with E-state index in [1.807, 2.05) is 0 Å². The maximum atomic E-state index is 10.4. The number of carbonyl (C=O) groups excluding carboxylic acids is 1. The molecule has 0 aromatic heterocycles. The summed E-state index contributed by atoms with van der Waals surface area (Å²) in [4.78, 5) is 10.4. The molecule has 0 unspecified atom stereocenters. The largest absolute Gasteiger partial charge is 0.370 e. The first-order valence-electron chi connectivity index (χ1n) is 3.80. The fourth-order valence-electron chi connectivity index (χ4n) is 0.964. The minimum Gasteiger partial charge on any atom is -0.370 e. The molecule has 1 rings (SSSR count). The van der Waals surface area contributed by atoms with Crippen LogP contribution in [0.2, 0.25) is 0 Å². The van der Waals surface area contributed by atoms with E-state index in [0.29, 0.717) is 13.2 Å². The molecule has 1 fully saturated rings. The zero-order valence-electron chi connectivity index (χ0n) is 6.41. The summed E-state index contributed by atoms with van der Waals surface area (Å²) >= 11 is 0. The van der Waals surface area contributed by atoms with E-state index in [0.717, 1.165) is 12.8 Å². The normalized spacial score (nSPS) is 21.1. The molecule has 0 aliphatic carbocycles. The van der Waals surface area contributed by atoms with Gasteiger partial charge in [-0.25, -0.2) is 0 Å². The van der Waals surface area contributed by atoms with Gasteiger partial charge in [-0.3, -0.25) is 4.79 Å². The van der Waals surface area contributed by atoms with Gasteiger partial charge in [0.1, 0.15) is 0 Å². The van der Waals surface area contributed by atoms with Crippen molar-refractivity contribution in [1.82, 2.24) is 0 Å². The molecule has 1 saturated heterocycles. The first-order valence-corrected chi connectivity index (χ1v) is 3.80. The fourth-order valence-corrected chi connectivity index (χ4v) is 0.964. The number of hydrogen-bond acceptors (Lipinski definition) is 3. The van der Waals surface area contributed by atoms with Gasteiger partial charge < -0.3 is 15.2 Å². The predicted molar refractivity (Wildman–Crippen MR) is 38.7 cm³/mol. The van der Waals surface area contributed by atoms with Crippen molar-refractivity contribution in [3.8, 4) is 0 Å². The summed E-state index contributed by atoms with van der Waals surface area (Å²) in [6.45, 7) is 1.33. The molecule has 0 aromatic carbocycles. The minimum atomic E-state index is -0.407. The zero-order chi connectivity index (χ0) is 8.10. The summed E-state index contributed by atoms with van der Waals surface area (Å²) in [5.41, 5.74) is 4.98. The van der Waals surface area contributed by atoms with Gasteiger partial charge in [-0.05, 0) is 12.8 Å². The summed E-state index contributed by atoms with van der Waals surface area (Å²) in [6, 6.07) is 0. The lowest BCUT2D eigenvalue weighted by Gasteiger charge is -2.12. The minimum absolute atomic E-state index is 0.167. The van der Waals surface area contributed by atoms with Crippen molar-refractivity contribution >= 4 is 5.91 Å². The van der Waals surface area contributed by atoms with Gasteiger partial charge in [0.2, 0.25) is 5.91 Å². The number of nitrogens with two attached hydrogens (primary N) is 1. The van der Waals surface area contributed by atoms with Crippen LogP contribution in [0.4, 0.5) is 0 Å². The summed E-state index contributed by atoms with van der Waals surface area (Å²) in [7, 11) is 0. The number of ether oxygens (including phenoxy) is 2. The van der Waals surface area contributed by atoms with E-state index in [9.17, 15) is 4.79 Å². The molecule has 0 bridgehead atoms. The molecule has 0 spiro atoms. The second-order valence-corrected chi connectivity index (χ2v) is 2.55. The van der Waals surface area contributed by atoms with E-state index in [2.05, 4.69) is 0 Å². The number of hydrogen-bond donors (Lipinski definition) is 1. The number of carbonyl (C=O) groups is 1. The van der Waals surface area contributed by atoms with Crippen LogP contribution in [0.1, 0.15) is 19.3 Å². The Bertz CT molecular complexity index is 130. The SMILES string of the molecule is NC(=O)CC1OCCCCO1. The monoisotopic (exact) mass is 159 g/mol. The van der Waals surface area contributed by atoms with Crippen molar-refractivity contribution in [3.63, 3.8) is 0 Å². The van der Waals surface area contributed by atoms with Gasteiger partial charge in [-0.2, -0.15) is 0 Å². The molecule has 64 valence electrons. The van der Waals surface area contributed by atoms with Crippen LogP contribution in [0, 0.1) is 0 Å². The third-order valence-corrected chi connectivity index (χ3v) is 1.51. The second kappa shape index (κ2) is 4.31. The summed E-state index contributed by atoms with van der Waals surface area (Å²) in [5.74, 6) is -0.378. The highest BCUT2D eigenvalue weighted by molar-refractivity contribution is 5.74. The van der Waals surface area contributed by atoms with E-state index in [1.54, 1.807) is 0 Å². The van der Waals surface area contributed by atoms with E-state index in [4.69, 9.17) is 15.2 Å². The molecule has 11 heavy (non-hydrogen) atoms. The van der Waals surface area contributed by atoms with Crippen molar-refractivity contribution in [1.29, 1.82) is 0 Å². The Hall–Kier alpha value is -0.610. The molecule has 1 aliphatic heterocycles. The van der Waals surface area contributed by atoms with Gasteiger partial charge in [-0.15, -0.1) is 0 Å². The third-order valence-electron chi connectivity index (χ3n) is 1.51. The third kappa shape index (κ3) is 3.34. The quantitative estimate of drug-likeness (QED) is 0.617. The maximum absolute atomic E-state index is 10.4. The van der Waals surface area contributed by atoms with Crippen molar-refractivity contribution in [2.45, 2.75) is 25.6 Å². The van der Waals surface area contributed by atoms with Crippen LogP contribution >= 0.6 is 0 Å². The standard InChI is InChI=1S/C7H13NO3/c8-6(9)5-7-10-3-1-2-4-11-7/h7H,1-5H2,(H2,8,9). The molecule has 4 nitrogen and oxygen atoms in total. The molecule has 0 atom stereocenters. The molecular weight excluding hydrogens is 146 g/mol.